The first-order chi connectivity index (χ1) is 10.6. The summed E-state index contributed by atoms with van der Waals surface area (Å²) in [5, 5.41) is 9.73. The van der Waals surface area contributed by atoms with Crippen molar-refractivity contribution in [2.45, 2.75) is 6.61 Å². The molecule has 0 atom stereocenters. The van der Waals surface area contributed by atoms with Crippen LogP contribution < -0.4 is 5.73 Å². The summed E-state index contributed by atoms with van der Waals surface area (Å²) < 4.78 is 14.2. The Morgan fingerprint density at radius 2 is 1.95 bits per heavy atom. The molecular formula is C16H12FN3O2. The van der Waals surface area contributed by atoms with Crippen molar-refractivity contribution in [1.29, 1.82) is 0 Å². The molecule has 0 radical (unpaired) electrons. The number of aliphatic hydroxyl groups is 1. The van der Waals surface area contributed by atoms with E-state index in [1.807, 2.05) is 6.07 Å². The van der Waals surface area contributed by atoms with Gasteiger partial charge in [-0.25, -0.2) is 9.97 Å². The Hall–Kier alpha value is -2.86. The molecule has 3 aromatic rings. The van der Waals surface area contributed by atoms with Gasteiger partial charge in [-0.3, -0.25) is 4.79 Å². The molecule has 0 aliphatic carbocycles. The second kappa shape index (κ2) is 5.50. The molecule has 0 aliphatic rings. The van der Waals surface area contributed by atoms with Gasteiger partial charge in [-0.15, -0.1) is 0 Å². The first-order valence-corrected chi connectivity index (χ1v) is 6.56. The zero-order chi connectivity index (χ0) is 15.7. The van der Waals surface area contributed by atoms with Crippen LogP contribution in [0.4, 0.5) is 4.39 Å². The molecule has 1 aromatic carbocycles. The largest absolute Gasteiger partial charge is 0.390 e. The fourth-order valence-electron chi connectivity index (χ4n) is 2.25. The van der Waals surface area contributed by atoms with Crippen molar-refractivity contribution >= 4 is 16.8 Å². The standard InChI is InChI=1S/C16H12FN3O2/c17-15-11(6-5-10(8-21)19-15)14-12(16(18)22)7-9-3-1-2-4-13(9)20-14/h1-7,21H,8H2,(H2,18,22). The molecule has 0 unspecified atom stereocenters. The lowest BCUT2D eigenvalue weighted by molar-refractivity contribution is 0.100. The van der Waals surface area contributed by atoms with Crippen molar-refractivity contribution in [2.75, 3.05) is 0 Å². The van der Waals surface area contributed by atoms with Crippen LogP contribution in [-0.2, 0) is 6.61 Å². The Morgan fingerprint density at radius 1 is 1.18 bits per heavy atom. The number of aromatic nitrogens is 2. The van der Waals surface area contributed by atoms with Crippen LogP contribution in [0.3, 0.4) is 0 Å². The third kappa shape index (κ3) is 2.40. The third-order valence-corrected chi connectivity index (χ3v) is 3.31. The Balaban J connectivity index is 2.29. The van der Waals surface area contributed by atoms with Crippen LogP contribution >= 0.6 is 0 Å². The Morgan fingerprint density at radius 3 is 2.64 bits per heavy atom. The second-order valence-corrected chi connectivity index (χ2v) is 4.74. The number of aliphatic hydroxyl groups excluding tert-OH is 1. The molecule has 0 aliphatic heterocycles. The smallest absolute Gasteiger partial charge is 0.250 e. The van der Waals surface area contributed by atoms with Gasteiger partial charge >= 0.3 is 0 Å². The molecule has 5 nitrogen and oxygen atoms in total. The Bertz CT molecular complexity index is 880. The first-order valence-electron chi connectivity index (χ1n) is 6.56. The molecule has 3 N–H and O–H groups in total. The molecular weight excluding hydrogens is 285 g/mol. The van der Waals surface area contributed by atoms with Crippen LogP contribution in [0.2, 0.25) is 0 Å². The molecule has 0 bridgehead atoms. The van der Waals surface area contributed by atoms with Crippen LogP contribution in [0, 0.1) is 5.95 Å². The van der Waals surface area contributed by atoms with Gasteiger partial charge in [0.1, 0.15) is 0 Å². The van der Waals surface area contributed by atoms with E-state index in [0.29, 0.717) is 5.52 Å². The molecule has 0 fully saturated rings. The number of carbonyl (C=O) groups is 1. The highest BCUT2D eigenvalue weighted by Gasteiger charge is 2.17. The number of benzene rings is 1. The van der Waals surface area contributed by atoms with Gasteiger partial charge in [0.05, 0.1) is 34.6 Å². The number of hydrogen-bond donors (Lipinski definition) is 2. The number of halogens is 1. The summed E-state index contributed by atoms with van der Waals surface area (Å²) in [5.74, 6) is -1.50. The van der Waals surface area contributed by atoms with Crippen LogP contribution in [0.5, 0.6) is 0 Å². The number of pyridine rings is 2. The van der Waals surface area contributed by atoms with E-state index >= 15 is 0 Å². The van der Waals surface area contributed by atoms with Gasteiger partial charge < -0.3 is 10.8 Å². The highest BCUT2D eigenvalue weighted by atomic mass is 19.1. The Kier molecular flexibility index (Phi) is 3.52. The zero-order valence-electron chi connectivity index (χ0n) is 11.5. The van der Waals surface area contributed by atoms with Crippen molar-refractivity contribution in [3.8, 4) is 11.3 Å². The van der Waals surface area contributed by atoms with Crippen molar-refractivity contribution in [2.24, 2.45) is 5.73 Å². The summed E-state index contributed by atoms with van der Waals surface area (Å²) in [5.41, 5.74) is 6.53. The quantitative estimate of drug-likeness (QED) is 0.724. The van der Waals surface area contributed by atoms with Gasteiger partial charge in [0.2, 0.25) is 5.95 Å². The van der Waals surface area contributed by atoms with Gasteiger partial charge in [-0.2, -0.15) is 4.39 Å². The third-order valence-electron chi connectivity index (χ3n) is 3.31. The predicted octanol–water partition coefficient (Wildman–Crippen LogP) is 2.03. The number of nitrogens with zero attached hydrogens (tertiary/aromatic N) is 2. The van der Waals surface area contributed by atoms with Crippen LogP contribution in [0.25, 0.3) is 22.2 Å². The van der Waals surface area contributed by atoms with Crippen LogP contribution in [0.15, 0.2) is 42.5 Å². The molecule has 0 saturated heterocycles. The van der Waals surface area contributed by atoms with E-state index in [0.717, 1.165) is 5.39 Å². The average molecular weight is 297 g/mol. The van der Waals surface area contributed by atoms with Gasteiger partial charge in [0.15, 0.2) is 0 Å². The molecule has 3 rings (SSSR count). The number of rotatable bonds is 3. The lowest BCUT2D eigenvalue weighted by atomic mass is 10.0. The van der Waals surface area contributed by atoms with Gasteiger partial charge in [0.25, 0.3) is 5.91 Å². The molecule has 6 heteroatoms. The van der Waals surface area contributed by atoms with Crippen LogP contribution in [0.1, 0.15) is 16.1 Å². The Labute approximate surface area is 125 Å². The average Bonchev–Trinajstić information content (AvgIpc) is 2.53. The van der Waals surface area contributed by atoms with Crippen molar-refractivity contribution in [3.63, 3.8) is 0 Å². The molecule has 22 heavy (non-hydrogen) atoms. The van der Waals surface area contributed by atoms with Crippen molar-refractivity contribution < 1.29 is 14.3 Å². The number of fused-ring (bicyclic) bond motifs is 1. The molecule has 0 spiro atoms. The molecule has 2 aromatic heterocycles. The van der Waals surface area contributed by atoms with Gasteiger partial charge in [-0.1, -0.05) is 18.2 Å². The number of primary amides is 1. The maximum absolute atomic E-state index is 14.2. The highest BCUT2D eigenvalue weighted by molar-refractivity contribution is 6.02. The summed E-state index contributed by atoms with van der Waals surface area (Å²) in [6.07, 6.45) is 0. The van der Waals surface area contributed by atoms with E-state index in [1.54, 1.807) is 24.3 Å². The maximum Gasteiger partial charge on any atom is 0.250 e. The second-order valence-electron chi connectivity index (χ2n) is 4.74. The lowest BCUT2D eigenvalue weighted by Gasteiger charge is -2.09. The fourth-order valence-corrected chi connectivity index (χ4v) is 2.25. The van der Waals surface area contributed by atoms with Crippen molar-refractivity contribution in [1.82, 2.24) is 9.97 Å². The highest BCUT2D eigenvalue weighted by Crippen LogP contribution is 2.27. The number of carbonyl (C=O) groups excluding carboxylic acids is 1. The zero-order valence-corrected chi connectivity index (χ0v) is 11.5. The maximum atomic E-state index is 14.2. The molecule has 2 heterocycles. The van der Waals surface area contributed by atoms with E-state index in [9.17, 15) is 9.18 Å². The minimum absolute atomic E-state index is 0.0664. The topological polar surface area (TPSA) is 89.1 Å². The number of hydrogen-bond acceptors (Lipinski definition) is 4. The first kappa shape index (κ1) is 14.1. The predicted molar refractivity (Wildman–Crippen MR) is 79.4 cm³/mol. The number of amides is 1. The molecule has 110 valence electrons. The summed E-state index contributed by atoms with van der Waals surface area (Å²) in [7, 11) is 0. The van der Waals surface area contributed by atoms with E-state index in [4.69, 9.17) is 10.8 Å². The van der Waals surface area contributed by atoms with Gasteiger partial charge in [0, 0.05) is 5.39 Å². The van der Waals surface area contributed by atoms with E-state index in [1.165, 1.54) is 12.1 Å². The fraction of sp³-hybridized carbons (Fsp3) is 0.0625. The molecule has 0 saturated carbocycles. The SMILES string of the molecule is NC(=O)c1cc2ccccc2nc1-c1ccc(CO)nc1F. The minimum atomic E-state index is -0.808. The van der Waals surface area contributed by atoms with Crippen molar-refractivity contribution in [3.05, 3.63) is 59.7 Å². The number of nitrogens with two attached hydrogens (primary N) is 1. The number of para-hydroxylation sites is 1. The van der Waals surface area contributed by atoms with Gasteiger partial charge in [-0.05, 0) is 24.3 Å². The van der Waals surface area contributed by atoms with E-state index < -0.39 is 11.9 Å². The molecule has 1 amide bonds. The lowest BCUT2D eigenvalue weighted by Crippen LogP contribution is -2.14. The monoisotopic (exact) mass is 297 g/mol. The summed E-state index contributed by atoms with van der Waals surface area (Å²) in [4.78, 5) is 19.7. The summed E-state index contributed by atoms with van der Waals surface area (Å²) >= 11 is 0. The summed E-state index contributed by atoms with van der Waals surface area (Å²) in [6.45, 7) is -0.370. The normalized spacial score (nSPS) is 10.8. The minimum Gasteiger partial charge on any atom is -0.390 e. The van der Waals surface area contributed by atoms with Crippen LogP contribution in [-0.4, -0.2) is 21.0 Å². The van der Waals surface area contributed by atoms with E-state index in [2.05, 4.69) is 9.97 Å². The van der Waals surface area contributed by atoms with E-state index in [-0.39, 0.29) is 29.1 Å². The summed E-state index contributed by atoms with van der Waals surface area (Å²) in [6, 6.07) is 11.6.